The number of aromatic nitrogens is 3. The third-order valence-corrected chi connectivity index (χ3v) is 7.29. The maximum Gasteiger partial charge on any atom is 0.327 e. The van der Waals surface area contributed by atoms with Crippen LogP contribution in [0.15, 0.2) is 60.7 Å². The van der Waals surface area contributed by atoms with Crippen LogP contribution in [-0.4, -0.2) is 53.0 Å². The molecule has 3 atom stereocenters. The summed E-state index contributed by atoms with van der Waals surface area (Å²) in [5.41, 5.74) is 3.49. The summed E-state index contributed by atoms with van der Waals surface area (Å²) >= 11 is 1.54. The second kappa shape index (κ2) is 6.98. The second-order valence-electron chi connectivity index (χ2n) is 7.81. The van der Waals surface area contributed by atoms with Gasteiger partial charge in [0.1, 0.15) is 11.7 Å². The van der Waals surface area contributed by atoms with Gasteiger partial charge in [0.05, 0.1) is 28.8 Å². The molecule has 3 unspecified atom stereocenters. The Morgan fingerprint density at radius 2 is 1.77 bits per heavy atom. The van der Waals surface area contributed by atoms with E-state index in [-0.39, 0.29) is 11.3 Å². The molecule has 2 saturated heterocycles. The summed E-state index contributed by atoms with van der Waals surface area (Å²) in [5.74, 6) is -1.08. The van der Waals surface area contributed by atoms with Crippen molar-refractivity contribution in [1.82, 2.24) is 19.9 Å². The van der Waals surface area contributed by atoms with Crippen molar-refractivity contribution in [2.45, 2.75) is 36.1 Å². The summed E-state index contributed by atoms with van der Waals surface area (Å²) < 4.78 is 1.07. The Balaban J connectivity index is 1.59. The van der Waals surface area contributed by atoms with Crippen LogP contribution in [0.25, 0.3) is 22.5 Å². The van der Waals surface area contributed by atoms with Gasteiger partial charge in [0.25, 0.3) is 0 Å². The Morgan fingerprint density at radius 1 is 1.13 bits per heavy atom. The Labute approximate surface area is 177 Å². The van der Waals surface area contributed by atoms with Crippen molar-refractivity contribution in [3.8, 4) is 22.5 Å². The van der Waals surface area contributed by atoms with E-state index in [1.54, 1.807) is 16.4 Å². The molecule has 1 N–H and O–H groups in total. The maximum absolute atomic E-state index is 12.1. The predicted octanol–water partition coefficient (Wildman–Crippen LogP) is 3.13. The maximum atomic E-state index is 12.1. The fraction of sp³-hybridized carbons (Fsp3) is 0.273. The highest BCUT2D eigenvalue weighted by atomic mass is 32.2. The first-order chi connectivity index (χ1) is 14.5. The third kappa shape index (κ3) is 2.90. The van der Waals surface area contributed by atoms with Crippen molar-refractivity contribution >= 4 is 23.6 Å². The Morgan fingerprint density at radius 3 is 2.37 bits per heavy atom. The smallest absolute Gasteiger partial charge is 0.327 e. The number of aliphatic carboxylic acids is 1. The molecule has 7 nitrogen and oxygen atoms in total. The molecular weight excluding hydrogens is 400 g/mol. The Kier molecular flexibility index (Phi) is 4.39. The highest BCUT2D eigenvalue weighted by Crippen LogP contribution is 2.52. The van der Waals surface area contributed by atoms with E-state index < -0.39 is 16.8 Å². The molecule has 0 radical (unpaired) electrons. The van der Waals surface area contributed by atoms with Crippen molar-refractivity contribution in [2.24, 2.45) is 0 Å². The topological polar surface area (TPSA) is 88.3 Å². The van der Waals surface area contributed by atoms with Crippen molar-refractivity contribution in [3.63, 3.8) is 0 Å². The molecule has 1 amide bonds. The quantitative estimate of drug-likeness (QED) is 0.638. The summed E-state index contributed by atoms with van der Waals surface area (Å²) in [5, 5.41) is 18.7. The van der Waals surface area contributed by atoms with Crippen LogP contribution in [0.3, 0.4) is 0 Å². The van der Waals surface area contributed by atoms with Gasteiger partial charge in [-0.3, -0.25) is 4.79 Å². The third-order valence-electron chi connectivity index (χ3n) is 5.74. The molecule has 3 heterocycles. The first-order valence-electron chi connectivity index (χ1n) is 9.74. The zero-order chi connectivity index (χ0) is 20.9. The lowest BCUT2D eigenvalue weighted by molar-refractivity contribution is -0.157. The molecule has 3 aromatic rings. The molecule has 1 aromatic heterocycles. The fourth-order valence-corrected chi connectivity index (χ4v) is 6.12. The molecule has 0 saturated carbocycles. The predicted molar refractivity (Wildman–Crippen MR) is 114 cm³/mol. The molecule has 0 aliphatic carbocycles. The van der Waals surface area contributed by atoms with Crippen molar-refractivity contribution in [2.75, 3.05) is 0 Å². The highest BCUT2D eigenvalue weighted by molar-refractivity contribution is 8.01. The lowest BCUT2D eigenvalue weighted by atomic mass is 9.96. The van der Waals surface area contributed by atoms with E-state index >= 15 is 0 Å². The van der Waals surface area contributed by atoms with Crippen LogP contribution in [0.5, 0.6) is 0 Å². The van der Waals surface area contributed by atoms with Gasteiger partial charge >= 0.3 is 5.97 Å². The van der Waals surface area contributed by atoms with E-state index in [1.165, 1.54) is 4.90 Å². The van der Waals surface area contributed by atoms with E-state index in [9.17, 15) is 14.7 Å². The summed E-state index contributed by atoms with van der Waals surface area (Å²) in [6.45, 7) is 2.24. The fourth-order valence-electron chi connectivity index (χ4n) is 4.38. The van der Waals surface area contributed by atoms with Gasteiger partial charge in [0.15, 0.2) is 0 Å². The van der Waals surface area contributed by atoms with Gasteiger partial charge in [0.2, 0.25) is 5.91 Å². The van der Waals surface area contributed by atoms with Crippen LogP contribution >= 0.6 is 11.8 Å². The number of rotatable bonds is 5. The number of benzene rings is 2. The number of thioether (sulfide) groups is 1. The number of carboxylic acid groups (broad SMARTS) is 1. The van der Waals surface area contributed by atoms with Crippen molar-refractivity contribution < 1.29 is 14.7 Å². The van der Waals surface area contributed by atoms with Gasteiger partial charge in [-0.05, 0) is 6.92 Å². The van der Waals surface area contributed by atoms with Crippen LogP contribution in [0.1, 0.15) is 13.3 Å². The Bertz CT molecular complexity index is 1120. The zero-order valence-electron chi connectivity index (χ0n) is 16.3. The number of β-lactam (4-membered cyclic amide) rings is 1. The largest absolute Gasteiger partial charge is 0.480 e. The highest BCUT2D eigenvalue weighted by Gasteiger charge is 2.61. The molecule has 2 aliphatic rings. The molecule has 2 aliphatic heterocycles. The van der Waals surface area contributed by atoms with Crippen LogP contribution < -0.4 is 0 Å². The molecule has 152 valence electrons. The summed E-state index contributed by atoms with van der Waals surface area (Å²) in [6, 6.07) is 18.8. The molecule has 8 heteroatoms. The molecule has 0 bridgehead atoms. The molecule has 2 fully saturated rings. The Hall–Kier alpha value is -3.13. The minimum atomic E-state index is -0.981. The minimum absolute atomic E-state index is 0.0825. The van der Waals surface area contributed by atoms with Gasteiger partial charge in [-0.25, -0.2) is 9.48 Å². The summed E-state index contributed by atoms with van der Waals surface area (Å²) in [6.07, 6.45) is 0.391. The lowest BCUT2D eigenvalue weighted by Crippen LogP contribution is -2.58. The number of hydrogen-bond donors (Lipinski definition) is 1. The normalized spacial score (nSPS) is 25.1. The number of fused-ring (bicyclic) bond motifs is 1. The van der Waals surface area contributed by atoms with Gasteiger partial charge in [-0.2, -0.15) is 0 Å². The van der Waals surface area contributed by atoms with Crippen LogP contribution in [-0.2, 0) is 16.1 Å². The van der Waals surface area contributed by atoms with Gasteiger partial charge in [-0.1, -0.05) is 65.9 Å². The number of nitrogens with zero attached hydrogens (tertiary/aromatic N) is 4. The van der Waals surface area contributed by atoms with Gasteiger partial charge < -0.3 is 10.0 Å². The number of amides is 1. The molecule has 5 rings (SSSR count). The van der Waals surface area contributed by atoms with E-state index in [4.69, 9.17) is 0 Å². The number of carbonyl (C=O) groups excluding carboxylic acids is 1. The number of hydrogen-bond acceptors (Lipinski definition) is 5. The van der Waals surface area contributed by atoms with Crippen molar-refractivity contribution in [1.29, 1.82) is 0 Å². The average Bonchev–Trinajstić information content (AvgIpc) is 3.25. The van der Waals surface area contributed by atoms with Crippen molar-refractivity contribution in [3.05, 3.63) is 60.7 Å². The molecule has 30 heavy (non-hydrogen) atoms. The minimum Gasteiger partial charge on any atom is -0.480 e. The van der Waals surface area contributed by atoms with Gasteiger partial charge in [-0.15, -0.1) is 16.9 Å². The molecule has 2 aromatic carbocycles. The van der Waals surface area contributed by atoms with E-state index in [0.717, 1.165) is 22.5 Å². The van der Waals surface area contributed by atoms with Crippen LogP contribution in [0.2, 0.25) is 0 Å². The van der Waals surface area contributed by atoms with Gasteiger partial charge in [0, 0.05) is 11.1 Å². The van der Waals surface area contributed by atoms with Crippen LogP contribution in [0.4, 0.5) is 0 Å². The average molecular weight is 420 g/mol. The summed E-state index contributed by atoms with van der Waals surface area (Å²) in [7, 11) is 0. The van der Waals surface area contributed by atoms with Crippen LogP contribution in [0, 0.1) is 0 Å². The first kappa shape index (κ1) is 18.9. The molecular formula is C22H20N4O3S. The monoisotopic (exact) mass is 420 g/mol. The van der Waals surface area contributed by atoms with E-state index in [1.807, 2.05) is 67.6 Å². The van der Waals surface area contributed by atoms with E-state index in [2.05, 4.69) is 10.3 Å². The number of carboxylic acids is 1. The standard InChI is InChI=1S/C22H20N4O3S/c1-22(20(21(28)29)26-16(27)12-17(26)30-22)13-25-19(15-10-6-3-7-11-15)18(23-24-25)14-8-4-2-5-9-14/h2-11,17,20H,12-13H2,1H3,(H,28,29). The number of carbonyl (C=O) groups is 2. The molecule has 0 spiro atoms. The SMILES string of the molecule is CC1(Cn2nnc(-c3ccccc3)c2-c2ccccc2)SC2CC(=O)N2C1C(=O)O. The van der Waals surface area contributed by atoms with E-state index in [0.29, 0.717) is 13.0 Å². The second-order valence-corrected chi connectivity index (χ2v) is 9.52. The lowest BCUT2D eigenvalue weighted by Gasteiger charge is -2.37. The zero-order valence-corrected chi connectivity index (χ0v) is 17.1. The first-order valence-corrected chi connectivity index (χ1v) is 10.6. The summed E-state index contributed by atoms with van der Waals surface area (Å²) in [4.78, 5) is 25.6.